The van der Waals surface area contributed by atoms with Crippen LogP contribution in [0.15, 0.2) is 15.0 Å². The van der Waals surface area contributed by atoms with E-state index in [0.717, 1.165) is 39.4 Å². The first-order chi connectivity index (χ1) is 8.93. The highest BCUT2D eigenvalue weighted by Gasteiger charge is 2.20. The first-order valence-corrected chi connectivity index (χ1v) is 6.94. The molecule has 0 saturated carbocycles. The normalized spacial score (nSPS) is 12.9. The van der Waals surface area contributed by atoms with Crippen molar-refractivity contribution in [1.29, 1.82) is 0 Å². The molecule has 0 aliphatic heterocycles. The molecule has 1 atom stereocenters. The third-order valence-corrected chi connectivity index (χ3v) is 4.35. The minimum absolute atomic E-state index is 0.00329. The maximum absolute atomic E-state index is 5.70. The fraction of sp³-hybridized carbons (Fsp3) is 0.462. The molecule has 2 heterocycles. The van der Waals surface area contributed by atoms with Crippen LogP contribution in [0.5, 0.6) is 0 Å². The summed E-state index contributed by atoms with van der Waals surface area (Å²) in [4.78, 5) is 0. The number of hydrazine groups is 1. The van der Waals surface area contributed by atoms with Crippen LogP contribution in [0, 0.1) is 20.8 Å². The Morgan fingerprint density at radius 1 is 1.47 bits per heavy atom. The van der Waals surface area contributed by atoms with Crippen molar-refractivity contribution < 1.29 is 4.42 Å². The molecule has 2 rings (SSSR count). The molecule has 0 aliphatic rings. The summed E-state index contributed by atoms with van der Waals surface area (Å²) in [6.45, 7) is 5.87. The van der Waals surface area contributed by atoms with Gasteiger partial charge in [-0.25, -0.2) is 0 Å². The van der Waals surface area contributed by atoms with Crippen LogP contribution in [0.2, 0.25) is 0 Å². The first kappa shape index (κ1) is 14.3. The number of furan rings is 1. The Bertz CT molecular complexity index is 588. The van der Waals surface area contributed by atoms with E-state index in [1.165, 1.54) is 0 Å². The van der Waals surface area contributed by atoms with Gasteiger partial charge in [-0.1, -0.05) is 0 Å². The molecular weight excluding hydrogens is 308 g/mol. The quantitative estimate of drug-likeness (QED) is 0.668. The molecule has 1 unspecified atom stereocenters. The van der Waals surface area contributed by atoms with Crippen LogP contribution in [-0.4, -0.2) is 9.78 Å². The molecule has 0 aromatic carbocycles. The fourth-order valence-electron chi connectivity index (χ4n) is 2.35. The zero-order chi connectivity index (χ0) is 14.2. The SMILES string of the molecule is Cc1cc(C(Cc2c(Br)c(C)nn2C)NN)c(C)o1. The van der Waals surface area contributed by atoms with E-state index in [1.807, 2.05) is 38.6 Å². The molecule has 0 radical (unpaired) electrons. The Morgan fingerprint density at radius 2 is 2.16 bits per heavy atom. The summed E-state index contributed by atoms with van der Waals surface area (Å²) >= 11 is 3.58. The number of nitrogens with zero attached hydrogens (tertiary/aromatic N) is 2. The smallest absolute Gasteiger partial charge is 0.105 e. The zero-order valence-electron chi connectivity index (χ0n) is 11.6. The largest absolute Gasteiger partial charge is 0.466 e. The lowest BCUT2D eigenvalue weighted by Gasteiger charge is -2.15. The van der Waals surface area contributed by atoms with E-state index in [1.54, 1.807) is 0 Å². The van der Waals surface area contributed by atoms with Crippen LogP contribution in [0.25, 0.3) is 0 Å². The monoisotopic (exact) mass is 326 g/mol. The van der Waals surface area contributed by atoms with Gasteiger partial charge >= 0.3 is 0 Å². The van der Waals surface area contributed by atoms with Crippen molar-refractivity contribution in [3.63, 3.8) is 0 Å². The van der Waals surface area contributed by atoms with Crippen molar-refractivity contribution in [1.82, 2.24) is 15.2 Å². The maximum atomic E-state index is 5.70. The van der Waals surface area contributed by atoms with Crippen LogP contribution in [0.3, 0.4) is 0 Å². The summed E-state index contributed by atoms with van der Waals surface area (Å²) in [5.41, 5.74) is 6.04. The van der Waals surface area contributed by atoms with Crippen molar-refractivity contribution in [2.75, 3.05) is 0 Å². The molecule has 0 spiro atoms. The average Bonchev–Trinajstić information content (AvgIpc) is 2.79. The number of hydrogen-bond donors (Lipinski definition) is 2. The topological polar surface area (TPSA) is 69.0 Å². The Morgan fingerprint density at radius 3 is 2.58 bits per heavy atom. The summed E-state index contributed by atoms with van der Waals surface area (Å²) in [5.74, 6) is 7.50. The Balaban J connectivity index is 2.31. The second-order valence-corrected chi connectivity index (χ2v) is 5.55. The molecule has 5 nitrogen and oxygen atoms in total. The number of halogens is 1. The second-order valence-electron chi connectivity index (χ2n) is 4.76. The third kappa shape index (κ3) is 2.75. The summed E-state index contributed by atoms with van der Waals surface area (Å²) < 4.78 is 8.49. The number of rotatable bonds is 4. The molecule has 0 amide bonds. The van der Waals surface area contributed by atoms with Crippen LogP contribution in [0.4, 0.5) is 0 Å². The summed E-state index contributed by atoms with van der Waals surface area (Å²) in [6, 6.07) is 2.03. The van der Waals surface area contributed by atoms with Gasteiger partial charge < -0.3 is 4.42 Å². The van der Waals surface area contributed by atoms with Gasteiger partial charge in [0.15, 0.2) is 0 Å². The molecule has 0 fully saturated rings. The number of hydrogen-bond acceptors (Lipinski definition) is 4. The van der Waals surface area contributed by atoms with Crippen LogP contribution < -0.4 is 11.3 Å². The van der Waals surface area contributed by atoms with Crippen LogP contribution in [-0.2, 0) is 13.5 Å². The van der Waals surface area contributed by atoms with Gasteiger partial charge in [-0.15, -0.1) is 0 Å². The van der Waals surface area contributed by atoms with E-state index in [-0.39, 0.29) is 6.04 Å². The molecule has 6 heteroatoms. The Kier molecular flexibility index (Phi) is 4.13. The molecule has 2 aromatic heterocycles. The number of nitrogens with one attached hydrogen (secondary N) is 1. The maximum Gasteiger partial charge on any atom is 0.105 e. The molecule has 19 heavy (non-hydrogen) atoms. The minimum Gasteiger partial charge on any atom is -0.466 e. The van der Waals surface area contributed by atoms with E-state index in [4.69, 9.17) is 10.3 Å². The predicted octanol–water partition coefficient (Wildman–Crippen LogP) is 2.45. The number of aryl methyl sites for hydroxylation is 4. The van der Waals surface area contributed by atoms with E-state index in [0.29, 0.717) is 0 Å². The fourth-order valence-corrected chi connectivity index (χ4v) is 2.85. The lowest BCUT2D eigenvalue weighted by molar-refractivity contribution is 0.480. The van der Waals surface area contributed by atoms with E-state index < -0.39 is 0 Å². The van der Waals surface area contributed by atoms with Crippen molar-refractivity contribution in [3.8, 4) is 0 Å². The summed E-state index contributed by atoms with van der Waals surface area (Å²) in [6.07, 6.45) is 0.744. The van der Waals surface area contributed by atoms with E-state index in [9.17, 15) is 0 Å². The van der Waals surface area contributed by atoms with Gasteiger partial charge in [0.1, 0.15) is 11.5 Å². The standard InChI is InChI=1S/C13H19BrN4O/c1-7-5-10(9(3)19-7)11(16-15)6-12-13(14)8(2)17-18(12)4/h5,11,16H,6,15H2,1-4H3. The Labute approximate surface area is 121 Å². The molecular formula is C13H19BrN4O. The van der Waals surface area contributed by atoms with Gasteiger partial charge in [-0.05, 0) is 42.8 Å². The summed E-state index contributed by atoms with van der Waals surface area (Å²) in [7, 11) is 1.94. The number of nitrogens with two attached hydrogens (primary N) is 1. The number of aromatic nitrogens is 2. The van der Waals surface area contributed by atoms with E-state index in [2.05, 4.69) is 26.5 Å². The van der Waals surface area contributed by atoms with Crippen LogP contribution >= 0.6 is 15.9 Å². The lowest BCUT2D eigenvalue weighted by Crippen LogP contribution is -2.30. The predicted molar refractivity (Wildman–Crippen MR) is 77.6 cm³/mol. The molecule has 0 saturated heterocycles. The van der Waals surface area contributed by atoms with Gasteiger partial charge in [-0.3, -0.25) is 16.0 Å². The van der Waals surface area contributed by atoms with E-state index >= 15 is 0 Å². The zero-order valence-corrected chi connectivity index (χ0v) is 13.2. The van der Waals surface area contributed by atoms with Crippen molar-refractivity contribution in [2.45, 2.75) is 33.2 Å². The van der Waals surface area contributed by atoms with Crippen molar-refractivity contribution in [3.05, 3.63) is 39.0 Å². The highest BCUT2D eigenvalue weighted by atomic mass is 79.9. The van der Waals surface area contributed by atoms with Gasteiger partial charge in [0, 0.05) is 19.0 Å². The van der Waals surface area contributed by atoms with Gasteiger partial charge in [0.05, 0.1) is 21.9 Å². The van der Waals surface area contributed by atoms with Gasteiger partial charge in [0.25, 0.3) is 0 Å². The Hall–Kier alpha value is -1.11. The van der Waals surface area contributed by atoms with Gasteiger partial charge in [0.2, 0.25) is 0 Å². The molecule has 3 N–H and O–H groups in total. The minimum atomic E-state index is 0.00329. The van der Waals surface area contributed by atoms with Crippen molar-refractivity contribution >= 4 is 15.9 Å². The third-order valence-electron chi connectivity index (χ3n) is 3.32. The first-order valence-electron chi connectivity index (χ1n) is 6.15. The lowest BCUT2D eigenvalue weighted by atomic mass is 10.0. The van der Waals surface area contributed by atoms with Crippen molar-refractivity contribution in [2.24, 2.45) is 12.9 Å². The highest BCUT2D eigenvalue weighted by Crippen LogP contribution is 2.28. The average molecular weight is 327 g/mol. The van der Waals surface area contributed by atoms with Gasteiger partial charge in [-0.2, -0.15) is 5.10 Å². The summed E-state index contributed by atoms with van der Waals surface area (Å²) in [5, 5.41) is 4.40. The molecule has 2 aromatic rings. The second kappa shape index (κ2) is 5.48. The molecule has 0 bridgehead atoms. The highest BCUT2D eigenvalue weighted by molar-refractivity contribution is 9.10. The molecule has 0 aliphatic carbocycles. The van der Waals surface area contributed by atoms with Crippen LogP contribution in [0.1, 0.15) is 34.5 Å². The molecule has 104 valence electrons.